The van der Waals surface area contributed by atoms with Crippen LogP contribution in [0.4, 0.5) is 0 Å². The Labute approximate surface area is 147 Å². The Morgan fingerprint density at radius 3 is 2.28 bits per heavy atom. The molecule has 0 spiro atoms. The van der Waals surface area contributed by atoms with Gasteiger partial charge in [-0.2, -0.15) is 9.78 Å². The first kappa shape index (κ1) is 17.3. The molecule has 25 heavy (non-hydrogen) atoms. The van der Waals surface area contributed by atoms with E-state index in [-0.39, 0.29) is 11.5 Å². The molecular formula is C18H24N6O. The molecule has 132 valence electrons. The standard InChI is InChI=1S/C18H24N6O/c1-11(2)13-7-9-14(10-8-13)15-20-23-24(21-15)12(3)16-19-17(22-25-16)18(4,5)6/h7-12H,1-6H3. The molecule has 1 aromatic carbocycles. The van der Waals surface area contributed by atoms with E-state index in [1.165, 1.54) is 10.4 Å². The predicted octanol–water partition coefficient (Wildman–Crippen LogP) is 3.75. The summed E-state index contributed by atoms with van der Waals surface area (Å²) in [6, 6.07) is 7.95. The molecule has 0 aliphatic heterocycles. The number of hydrogen-bond donors (Lipinski definition) is 0. The molecular weight excluding hydrogens is 316 g/mol. The van der Waals surface area contributed by atoms with Gasteiger partial charge in [0.05, 0.1) is 0 Å². The Kier molecular flexibility index (Phi) is 4.41. The molecule has 7 heteroatoms. The maximum atomic E-state index is 5.37. The monoisotopic (exact) mass is 340 g/mol. The van der Waals surface area contributed by atoms with Crippen molar-refractivity contribution < 1.29 is 4.52 Å². The van der Waals surface area contributed by atoms with Gasteiger partial charge in [0.15, 0.2) is 5.82 Å². The average molecular weight is 340 g/mol. The highest BCUT2D eigenvalue weighted by Gasteiger charge is 2.25. The van der Waals surface area contributed by atoms with Crippen LogP contribution in [0, 0.1) is 0 Å². The molecule has 7 nitrogen and oxygen atoms in total. The first-order chi connectivity index (χ1) is 11.8. The molecule has 0 amide bonds. The van der Waals surface area contributed by atoms with E-state index in [0.717, 1.165) is 5.56 Å². The predicted molar refractivity (Wildman–Crippen MR) is 94.2 cm³/mol. The highest BCUT2D eigenvalue weighted by atomic mass is 16.5. The molecule has 0 aliphatic carbocycles. The summed E-state index contributed by atoms with van der Waals surface area (Å²) in [7, 11) is 0. The Balaban J connectivity index is 1.82. The minimum atomic E-state index is -0.278. The maximum Gasteiger partial charge on any atom is 0.253 e. The van der Waals surface area contributed by atoms with E-state index in [9.17, 15) is 0 Å². The van der Waals surface area contributed by atoms with E-state index in [0.29, 0.717) is 23.5 Å². The van der Waals surface area contributed by atoms with Crippen LogP contribution in [0.5, 0.6) is 0 Å². The number of tetrazole rings is 1. The van der Waals surface area contributed by atoms with Crippen molar-refractivity contribution in [2.24, 2.45) is 0 Å². The van der Waals surface area contributed by atoms with E-state index in [2.05, 4.69) is 51.5 Å². The second-order valence-electron chi connectivity index (χ2n) is 7.59. The van der Waals surface area contributed by atoms with Gasteiger partial charge in [-0.25, -0.2) is 0 Å². The Morgan fingerprint density at radius 2 is 1.72 bits per heavy atom. The molecule has 0 aliphatic rings. The summed E-state index contributed by atoms with van der Waals surface area (Å²) in [6.45, 7) is 12.4. The lowest BCUT2D eigenvalue weighted by atomic mass is 9.96. The Morgan fingerprint density at radius 1 is 1.04 bits per heavy atom. The molecule has 1 atom stereocenters. The van der Waals surface area contributed by atoms with Crippen LogP contribution in [0.15, 0.2) is 28.8 Å². The summed E-state index contributed by atoms with van der Waals surface area (Å²) < 4.78 is 5.37. The van der Waals surface area contributed by atoms with Crippen molar-refractivity contribution in [1.82, 2.24) is 30.3 Å². The minimum Gasteiger partial charge on any atom is -0.337 e. The summed E-state index contributed by atoms with van der Waals surface area (Å²) in [5.74, 6) is 2.22. The van der Waals surface area contributed by atoms with Crippen LogP contribution in [-0.2, 0) is 5.41 Å². The van der Waals surface area contributed by atoms with Crippen LogP contribution in [0.1, 0.15) is 70.8 Å². The van der Waals surface area contributed by atoms with E-state index in [4.69, 9.17) is 4.52 Å². The van der Waals surface area contributed by atoms with Gasteiger partial charge in [0.2, 0.25) is 5.82 Å². The topological polar surface area (TPSA) is 82.5 Å². The SMILES string of the molecule is CC(C)c1ccc(-c2nnn(C(C)c3nc(C(C)(C)C)no3)n2)cc1. The molecule has 3 aromatic rings. The highest BCUT2D eigenvalue weighted by molar-refractivity contribution is 5.54. The van der Waals surface area contributed by atoms with E-state index in [1.54, 1.807) is 0 Å². The first-order valence-electron chi connectivity index (χ1n) is 8.49. The molecule has 0 fully saturated rings. The molecule has 1 unspecified atom stereocenters. The van der Waals surface area contributed by atoms with Crippen molar-refractivity contribution in [2.75, 3.05) is 0 Å². The van der Waals surface area contributed by atoms with Crippen molar-refractivity contribution >= 4 is 0 Å². The summed E-state index contributed by atoms with van der Waals surface area (Å²) in [5.41, 5.74) is 2.05. The van der Waals surface area contributed by atoms with Gasteiger partial charge in [0.25, 0.3) is 5.89 Å². The third-order valence-electron chi connectivity index (χ3n) is 4.08. The van der Waals surface area contributed by atoms with Crippen LogP contribution in [0.25, 0.3) is 11.4 Å². The first-order valence-corrected chi connectivity index (χ1v) is 8.49. The van der Waals surface area contributed by atoms with Crippen LogP contribution < -0.4 is 0 Å². The molecule has 2 aromatic heterocycles. The van der Waals surface area contributed by atoms with Crippen LogP contribution in [-0.4, -0.2) is 30.3 Å². The molecule has 0 bridgehead atoms. The quantitative estimate of drug-likeness (QED) is 0.719. The Hall–Kier alpha value is -2.57. The van der Waals surface area contributed by atoms with Crippen molar-refractivity contribution in [1.29, 1.82) is 0 Å². The fourth-order valence-electron chi connectivity index (χ4n) is 2.33. The van der Waals surface area contributed by atoms with E-state index in [1.807, 2.05) is 39.8 Å². The zero-order valence-electron chi connectivity index (χ0n) is 15.6. The Bertz CT molecular complexity index is 841. The highest BCUT2D eigenvalue weighted by Crippen LogP contribution is 2.23. The van der Waals surface area contributed by atoms with Gasteiger partial charge in [0, 0.05) is 11.0 Å². The van der Waals surface area contributed by atoms with Gasteiger partial charge < -0.3 is 4.52 Å². The second-order valence-corrected chi connectivity index (χ2v) is 7.59. The van der Waals surface area contributed by atoms with E-state index >= 15 is 0 Å². The molecule has 3 rings (SSSR count). The zero-order chi connectivity index (χ0) is 18.2. The normalized spacial score (nSPS) is 13.4. The summed E-state index contributed by atoms with van der Waals surface area (Å²) in [4.78, 5) is 5.97. The van der Waals surface area contributed by atoms with Gasteiger partial charge in [-0.1, -0.05) is 64.0 Å². The van der Waals surface area contributed by atoms with Gasteiger partial charge in [-0.3, -0.25) is 0 Å². The maximum absolute atomic E-state index is 5.37. The molecule has 0 radical (unpaired) electrons. The van der Waals surface area contributed by atoms with Crippen LogP contribution in [0.2, 0.25) is 0 Å². The molecule has 0 saturated carbocycles. The van der Waals surface area contributed by atoms with Crippen molar-refractivity contribution in [3.63, 3.8) is 0 Å². The van der Waals surface area contributed by atoms with Crippen molar-refractivity contribution in [2.45, 2.75) is 58.9 Å². The molecule has 0 N–H and O–H groups in total. The number of hydrogen-bond acceptors (Lipinski definition) is 6. The number of nitrogens with zero attached hydrogens (tertiary/aromatic N) is 6. The van der Waals surface area contributed by atoms with Gasteiger partial charge in [-0.05, 0) is 23.6 Å². The second kappa shape index (κ2) is 6.38. The lowest BCUT2D eigenvalue weighted by molar-refractivity contribution is 0.315. The van der Waals surface area contributed by atoms with E-state index < -0.39 is 0 Å². The fourth-order valence-corrected chi connectivity index (χ4v) is 2.33. The van der Waals surface area contributed by atoms with Crippen molar-refractivity contribution in [3.05, 3.63) is 41.5 Å². The number of aromatic nitrogens is 6. The summed E-state index contributed by atoms with van der Waals surface area (Å²) in [6.07, 6.45) is 0. The van der Waals surface area contributed by atoms with Crippen LogP contribution in [0.3, 0.4) is 0 Å². The average Bonchev–Trinajstić information content (AvgIpc) is 3.23. The van der Waals surface area contributed by atoms with Gasteiger partial charge in [-0.15, -0.1) is 10.2 Å². The summed E-state index contributed by atoms with van der Waals surface area (Å²) >= 11 is 0. The van der Waals surface area contributed by atoms with Crippen LogP contribution >= 0.6 is 0 Å². The molecule has 2 heterocycles. The third-order valence-corrected chi connectivity index (χ3v) is 4.08. The van der Waals surface area contributed by atoms with Gasteiger partial charge in [0.1, 0.15) is 6.04 Å². The number of benzene rings is 1. The number of rotatable bonds is 4. The van der Waals surface area contributed by atoms with Crippen molar-refractivity contribution in [3.8, 4) is 11.4 Å². The summed E-state index contributed by atoms with van der Waals surface area (Å²) in [5, 5.41) is 16.8. The zero-order valence-corrected chi connectivity index (χ0v) is 15.6. The van der Waals surface area contributed by atoms with Gasteiger partial charge >= 0.3 is 0 Å². The lowest BCUT2D eigenvalue weighted by Gasteiger charge is -2.11. The third kappa shape index (κ3) is 3.60. The minimum absolute atomic E-state index is 0.166. The largest absolute Gasteiger partial charge is 0.337 e. The smallest absolute Gasteiger partial charge is 0.253 e. The molecule has 0 saturated heterocycles. The fraction of sp³-hybridized carbons (Fsp3) is 0.500. The lowest BCUT2D eigenvalue weighted by Crippen LogP contribution is -2.15.